The second-order valence-corrected chi connectivity index (χ2v) is 7.63. The second kappa shape index (κ2) is 7.82. The van der Waals surface area contributed by atoms with Crippen LogP contribution < -0.4 is 5.32 Å². The third-order valence-electron chi connectivity index (χ3n) is 4.05. The van der Waals surface area contributed by atoms with E-state index in [1.54, 1.807) is 47.2 Å². The number of amides is 2. The summed E-state index contributed by atoms with van der Waals surface area (Å²) in [4.78, 5) is 27.2. The molecule has 0 aliphatic carbocycles. The third kappa shape index (κ3) is 4.10. The zero-order valence-electron chi connectivity index (χ0n) is 14.3. The molecule has 1 aliphatic heterocycles. The fourth-order valence-corrected chi connectivity index (χ4v) is 4.50. The predicted octanol–water partition coefficient (Wildman–Crippen LogP) is 3.12. The SMILES string of the molecule is CC(C)CC1SCC(C(=O)NCc2ccco2)N1C(=O)c1ccco1. The summed E-state index contributed by atoms with van der Waals surface area (Å²) in [5.74, 6) is 1.54. The van der Waals surface area contributed by atoms with Crippen LogP contribution >= 0.6 is 11.8 Å². The number of rotatable bonds is 6. The predicted molar refractivity (Wildman–Crippen MR) is 94.9 cm³/mol. The lowest BCUT2D eigenvalue weighted by molar-refractivity contribution is -0.125. The van der Waals surface area contributed by atoms with Gasteiger partial charge in [0.25, 0.3) is 5.91 Å². The van der Waals surface area contributed by atoms with Crippen LogP contribution in [0.4, 0.5) is 0 Å². The van der Waals surface area contributed by atoms with Gasteiger partial charge in [-0.25, -0.2) is 0 Å². The Morgan fingerprint density at radius 1 is 1.28 bits per heavy atom. The summed E-state index contributed by atoms with van der Waals surface area (Å²) in [6.45, 7) is 4.53. The van der Waals surface area contributed by atoms with Crippen molar-refractivity contribution in [2.45, 2.75) is 38.2 Å². The van der Waals surface area contributed by atoms with Gasteiger partial charge >= 0.3 is 0 Å². The lowest BCUT2D eigenvalue weighted by atomic mass is 10.1. The van der Waals surface area contributed by atoms with E-state index < -0.39 is 6.04 Å². The van der Waals surface area contributed by atoms with Crippen LogP contribution in [0.25, 0.3) is 0 Å². The molecular weight excluding hydrogens is 340 g/mol. The van der Waals surface area contributed by atoms with Crippen LogP contribution in [0.1, 0.15) is 36.6 Å². The van der Waals surface area contributed by atoms with E-state index in [9.17, 15) is 9.59 Å². The average Bonchev–Trinajstić information content (AvgIpc) is 3.32. The molecule has 2 atom stereocenters. The first-order valence-electron chi connectivity index (χ1n) is 8.34. The Morgan fingerprint density at radius 2 is 2.04 bits per heavy atom. The van der Waals surface area contributed by atoms with Crippen molar-refractivity contribution in [1.29, 1.82) is 0 Å². The lowest BCUT2D eigenvalue weighted by Crippen LogP contribution is -2.49. The fourth-order valence-electron chi connectivity index (χ4n) is 2.86. The smallest absolute Gasteiger partial charge is 0.291 e. The third-order valence-corrected chi connectivity index (χ3v) is 5.36. The van der Waals surface area contributed by atoms with Crippen LogP contribution in [0.2, 0.25) is 0 Å². The Balaban J connectivity index is 1.73. The molecule has 2 unspecified atom stereocenters. The van der Waals surface area contributed by atoms with E-state index >= 15 is 0 Å². The first kappa shape index (κ1) is 17.7. The maximum Gasteiger partial charge on any atom is 0.291 e. The zero-order chi connectivity index (χ0) is 17.8. The molecule has 1 saturated heterocycles. The summed E-state index contributed by atoms with van der Waals surface area (Å²) < 4.78 is 10.5. The van der Waals surface area contributed by atoms with Crippen molar-refractivity contribution in [1.82, 2.24) is 10.2 Å². The van der Waals surface area contributed by atoms with Gasteiger partial charge in [0.05, 0.1) is 24.4 Å². The molecule has 25 heavy (non-hydrogen) atoms. The monoisotopic (exact) mass is 362 g/mol. The number of carbonyl (C=O) groups is 2. The van der Waals surface area contributed by atoms with Gasteiger partial charge in [0.2, 0.25) is 5.91 Å². The average molecular weight is 362 g/mol. The lowest BCUT2D eigenvalue weighted by Gasteiger charge is -2.28. The molecule has 134 valence electrons. The van der Waals surface area contributed by atoms with Crippen molar-refractivity contribution in [2.75, 3.05) is 5.75 Å². The molecule has 0 radical (unpaired) electrons. The van der Waals surface area contributed by atoms with Gasteiger partial charge in [-0.1, -0.05) is 13.8 Å². The first-order chi connectivity index (χ1) is 12.1. The number of nitrogens with one attached hydrogen (secondary N) is 1. The van der Waals surface area contributed by atoms with Crippen LogP contribution in [0, 0.1) is 5.92 Å². The van der Waals surface area contributed by atoms with Crippen molar-refractivity contribution >= 4 is 23.6 Å². The maximum absolute atomic E-state index is 12.9. The Labute approximate surface area is 150 Å². The molecule has 1 aliphatic rings. The van der Waals surface area contributed by atoms with Crippen LogP contribution in [-0.2, 0) is 11.3 Å². The molecule has 2 amide bonds. The topological polar surface area (TPSA) is 75.7 Å². The highest BCUT2D eigenvalue weighted by molar-refractivity contribution is 8.00. The van der Waals surface area contributed by atoms with Gasteiger partial charge in [-0.05, 0) is 36.6 Å². The van der Waals surface area contributed by atoms with Crippen molar-refractivity contribution in [3.05, 3.63) is 48.3 Å². The molecule has 0 bridgehead atoms. The van der Waals surface area contributed by atoms with E-state index in [0.29, 0.717) is 24.0 Å². The van der Waals surface area contributed by atoms with E-state index in [1.165, 1.54) is 6.26 Å². The summed E-state index contributed by atoms with van der Waals surface area (Å²) >= 11 is 1.64. The summed E-state index contributed by atoms with van der Waals surface area (Å²) in [5.41, 5.74) is 0. The molecule has 1 N–H and O–H groups in total. The van der Waals surface area contributed by atoms with Gasteiger partial charge in [0.15, 0.2) is 5.76 Å². The largest absolute Gasteiger partial charge is 0.467 e. The number of hydrogen-bond donors (Lipinski definition) is 1. The van der Waals surface area contributed by atoms with Gasteiger partial charge in [0, 0.05) is 5.75 Å². The Hall–Kier alpha value is -2.15. The molecule has 6 nitrogen and oxygen atoms in total. The standard InChI is InChI=1S/C18H22N2O4S/c1-12(2)9-16-20(18(22)15-6-4-8-24-15)14(11-25-16)17(21)19-10-13-5-3-7-23-13/h3-8,12,14,16H,9-11H2,1-2H3,(H,19,21). The van der Waals surface area contributed by atoms with Crippen LogP contribution in [0.5, 0.6) is 0 Å². The van der Waals surface area contributed by atoms with Gasteiger partial charge in [-0.2, -0.15) is 0 Å². The molecule has 3 heterocycles. The van der Waals surface area contributed by atoms with E-state index in [4.69, 9.17) is 8.83 Å². The number of carbonyl (C=O) groups excluding carboxylic acids is 2. The van der Waals surface area contributed by atoms with E-state index in [-0.39, 0.29) is 22.9 Å². The number of furan rings is 2. The Bertz CT molecular complexity index is 697. The van der Waals surface area contributed by atoms with Crippen molar-refractivity contribution in [3.63, 3.8) is 0 Å². The molecule has 3 rings (SSSR count). The van der Waals surface area contributed by atoms with Crippen LogP contribution in [0.15, 0.2) is 45.6 Å². The van der Waals surface area contributed by atoms with E-state index in [1.807, 2.05) is 0 Å². The normalized spacial score (nSPS) is 20.2. The van der Waals surface area contributed by atoms with Crippen LogP contribution in [-0.4, -0.2) is 33.9 Å². The van der Waals surface area contributed by atoms with Crippen molar-refractivity contribution in [3.8, 4) is 0 Å². The van der Waals surface area contributed by atoms with Gasteiger partial charge < -0.3 is 19.1 Å². The van der Waals surface area contributed by atoms with Gasteiger partial charge in [-0.3, -0.25) is 9.59 Å². The molecule has 7 heteroatoms. The van der Waals surface area contributed by atoms with E-state index in [2.05, 4.69) is 19.2 Å². The Kier molecular flexibility index (Phi) is 5.53. The quantitative estimate of drug-likeness (QED) is 0.854. The van der Waals surface area contributed by atoms with E-state index in [0.717, 1.165) is 6.42 Å². The first-order valence-corrected chi connectivity index (χ1v) is 9.39. The molecule has 0 aromatic carbocycles. The summed E-state index contributed by atoms with van der Waals surface area (Å²) in [6.07, 6.45) is 3.87. The summed E-state index contributed by atoms with van der Waals surface area (Å²) in [5, 5.41) is 2.83. The Morgan fingerprint density at radius 3 is 2.68 bits per heavy atom. The minimum atomic E-state index is -0.513. The molecule has 0 spiro atoms. The molecular formula is C18H22N2O4S. The van der Waals surface area contributed by atoms with Crippen LogP contribution in [0.3, 0.4) is 0 Å². The fraction of sp³-hybridized carbons (Fsp3) is 0.444. The summed E-state index contributed by atoms with van der Waals surface area (Å²) in [7, 11) is 0. The molecule has 0 saturated carbocycles. The maximum atomic E-state index is 12.9. The molecule has 2 aromatic heterocycles. The number of thioether (sulfide) groups is 1. The highest BCUT2D eigenvalue weighted by Gasteiger charge is 2.42. The van der Waals surface area contributed by atoms with Crippen molar-refractivity contribution < 1.29 is 18.4 Å². The minimum absolute atomic E-state index is 0.0306. The number of hydrogen-bond acceptors (Lipinski definition) is 5. The molecule has 1 fully saturated rings. The zero-order valence-corrected chi connectivity index (χ0v) is 15.1. The van der Waals surface area contributed by atoms with Crippen molar-refractivity contribution in [2.24, 2.45) is 5.92 Å². The second-order valence-electron chi connectivity index (χ2n) is 6.42. The highest BCUT2D eigenvalue weighted by atomic mass is 32.2. The summed E-state index contributed by atoms with van der Waals surface area (Å²) in [6, 6.07) is 6.38. The minimum Gasteiger partial charge on any atom is -0.467 e. The number of nitrogens with zero attached hydrogens (tertiary/aromatic N) is 1. The van der Waals surface area contributed by atoms with Gasteiger partial charge in [0.1, 0.15) is 11.8 Å². The van der Waals surface area contributed by atoms with Gasteiger partial charge in [-0.15, -0.1) is 11.8 Å². The molecule has 2 aromatic rings. The highest BCUT2D eigenvalue weighted by Crippen LogP contribution is 2.34.